The lowest BCUT2D eigenvalue weighted by Gasteiger charge is -2.13. The third-order valence-electron chi connectivity index (χ3n) is 1.75. The van der Waals surface area contributed by atoms with Crippen molar-refractivity contribution in [2.75, 3.05) is 26.7 Å². The highest BCUT2D eigenvalue weighted by atomic mass is 16.2. The number of nitrogens with zero attached hydrogens (tertiary/aromatic N) is 1. The average molecular weight is 183 g/mol. The van der Waals surface area contributed by atoms with E-state index in [1.807, 2.05) is 0 Å². The second kappa shape index (κ2) is 4.04. The highest BCUT2D eigenvalue weighted by molar-refractivity contribution is 6.02. The summed E-state index contributed by atoms with van der Waals surface area (Å²) in [6.07, 6.45) is 0. The Hall–Kier alpha value is -1.36. The topological polar surface area (TPSA) is 61.4 Å². The van der Waals surface area contributed by atoms with Crippen LogP contribution in [0.2, 0.25) is 0 Å². The maximum atomic E-state index is 11.1. The molecule has 0 aromatic rings. The summed E-state index contributed by atoms with van der Waals surface area (Å²) in [6, 6.07) is -0.331. The van der Waals surface area contributed by atoms with Crippen LogP contribution < -0.4 is 10.6 Å². The number of likely N-dealkylation sites (N-methyl/N-ethyl adjacent to an activating group) is 1. The molecule has 0 atom stereocenters. The van der Waals surface area contributed by atoms with Crippen LogP contribution in [0.15, 0.2) is 12.2 Å². The highest BCUT2D eigenvalue weighted by Crippen LogP contribution is 2.02. The summed E-state index contributed by atoms with van der Waals surface area (Å²) in [6.45, 7) is 4.75. The zero-order valence-electron chi connectivity index (χ0n) is 7.59. The van der Waals surface area contributed by atoms with E-state index in [2.05, 4.69) is 17.2 Å². The molecule has 3 amide bonds. The molecule has 0 aliphatic carbocycles. The van der Waals surface area contributed by atoms with Crippen molar-refractivity contribution in [2.45, 2.75) is 0 Å². The minimum Gasteiger partial charge on any atom is -0.329 e. The standard InChI is InChI=1S/C8H13N3O2/c1-6(3-9-2)5-11-7(12)4-10-8(11)13/h9H,1,3-5H2,2H3,(H,10,13). The zero-order chi connectivity index (χ0) is 9.84. The van der Waals surface area contributed by atoms with E-state index in [1.165, 1.54) is 4.90 Å². The zero-order valence-corrected chi connectivity index (χ0v) is 7.59. The molecule has 0 saturated carbocycles. The van der Waals surface area contributed by atoms with E-state index in [0.717, 1.165) is 5.57 Å². The molecular formula is C8H13N3O2. The smallest absolute Gasteiger partial charge is 0.324 e. The number of carbonyl (C=O) groups is 2. The van der Waals surface area contributed by atoms with Crippen molar-refractivity contribution in [1.29, 1.82) is 0 Å². The summed E-state index contributed by atoms with van der Waals surface area (Å²) >= 11 is 0. The summed E-state index contributed by atoms with van der Waals surface area (Å²) in [7, 11) is 1.79. The van der Waals surface area contributed by atoms with Gasteiger partial charge < -0.3 is 10.6 Å². The van der Waals surface area contributed by atoms with Gasteiger partial charge in [0.1, 0.15) is 0 Å². The SMILES string of the molecule is C=C(CNC)CN1C(=O)CNC1=O. The van der Waals surface area contributed by atoms with Crippen LogP contribution in [0.25, 0.3) is 0 Å². The van der Waals surface area contributed by atoms with Crippen molar-refractivity contribution >= 4 is 11.9 Å². The molecule has 5 nitrogen and oxygen atoms in total. The molecule has 0 bridgehead atoms. The first-order chi connectivity index (χ1) is 6.15. The van der Waals surface area contributed by atoms with Gasteiger partial charge in [-0.15, -0.1) is 0 Å². The second-order valence-corrected chi connectivity index (χ2v) is 2.92. The van der Waals surface area contributed by atoms with Gasteiger partial charge in [-0.3, -0.25) is 9.69 Å². The Morgan fingerprint density at radius 2 is 2.38 bits per heavy atom. The molecular weight excluding hydrogens is 170 g/mol. The number of urea groups is 1. The van der Waals surface area contributed by atoms with Gasteiger partial charge in [0.05, 0.1) is 13.1 Å². The van der Waals surface area contributed by atoms with E-state index in [4.69, 9.17) is 0 Å². The first-order valence-electron chi connectivity index (χ1n) is 4.04. The number of amides is 3. The molecule has 1 saturated heterocycles. The largest absolute Gasteiger partial charge is 0.329 e. The number of imide groups is 1. The maximum absolute atomic E-state index is 11.1. The van der Waals surface area contributed by atoms with Crippen LogP contribution in [0.3, 0.4) is 0 Å². The third-order valence-corrected chi connectivity index (χ3v) is 1.75. The lowest BCUT2D eigenvalue weighted by Crippen LogP contribution is -2.34. The van der Waals surface area contributed by atoms with E-state index in [9.17, 15) is 9.59 Å². The quantitative estimate of drug-likeness (QED) is 0.448. The molecule has 0 radical (unpaired) electrons. The van der Waals surface area contributed by atoms with Gasteiger partial charge in [0.25, 0.3) is 0 Å². The number of hydrogen-bond acceptors (Lipinski definition) is 3. The fourth-order valence-electron chi connectivity index (χ4n) is 1.14. The number of hydrogen-bond donors (Lipinski definition) is 2. The highest BCUT2D eigenvalue weighted by Gasteiger charge is 2.28. The number of nitrogens with one attached hydrogen (secondary N) is 2. The molecule has 0 aromatic heterocycles. The number of carbonyl (C=O) groups excluding carboxylic acids is 2. The van der Waals surface area contributed by atoms with E-state index in [1.54, 1.807) is 7.05 Å². The van der Waals surface area contributed by atoms with Crippen LogP contribution in [0.4, 0.5) is 4.79 Å². The van der Waals surface area contributed by atoms with Crippen molar-refractivity contribution in [3.63, 3.8) is 0 Å². The normalized spacial score (nSPS) is 16.2. The Labute approximate surface area is 76.8 Å². The molecule has 0 unspecified atom stereocenters. The molecule has 0 spiro atoms. The molecule has 1 rings (SSSR count). The Morgan fingerprint density at radius 3 is 2.85 bits per heavy atom. The van der Waals surface area contributed by atoms with E-state index >= 15 is 0 Å². The molecule has 0 aromatic carbocycles. The Kier molecular flexibility index (Phi) is 3.02. The molecule has 1 aliphatic heterocycles. The summed E-state index contributed by atoms with van der Waals surface area (Å²) in [5, 5.41) is 5.34. The van der Waals surface area contributed by atoms with Crippen LogP contribution in [0.1, 0.15) is 0 Å². The van der Waals surface area contributed by atoms with E-state index < -0.39 is 0 Å². The third kappa shape index (κ3) is 2.29. The number of rotatable bonds is 4. The van der Waals surface area contributed by atoms with Gasteiger partial charge in [-0.05, 0) is 12.6 Å². The predicted octanol–water partition coefficient (Wildman–Crippen LogP) is -0.686. The average Bonchev–Trinajstić information content (AvgIpc) is 2.36. The van der Waals surface area contributed by atoms with Gasteiger partial charge in [-0.2, -0.15) is 0 Å². The van der Waals surface area contributed by atoms with Crippen LogP contribution in [-0.2, 0) is 4.79 Å². The van der Waals surface area contributed by atoms with Gasteiger partial charge in [0, 0.05) is 6.54 Å². The molecule has 13 heavy (non-hydrogen) atoms. The Morgan fingerprint density at radius 1 is 1.69 bits per heavy atom. The van der Waals surface area contributed by atoms with Crippen molar-refractivity contribution in [3.8, 4) is 0 Å². The van der Waals surface area contributed by atoms with Gasteiger partial charge in [0.2, 0.25) is 5.91 Å². The minimum absolute atomic E-state index is 0.103. The van der Waals surface area contributed by atoms with Gasteiger partial charge in [0.15, 0.2) is 0 Å². The minimum atomic E-state index is -0.331. The lowest BCUT2D eigenvalue weighted by atomic mass is 10.3. The van der Waals surface area contributed by atoms with Gasteiger partial charge in [-0.1, -0.05) is 6.58 Å². The van der Waals surface area contributed by atoms with Crippen LogP contribution in [0.5, 0.6) is 0 Å². The summed E-state index contributed by atoms with van der Waals surface area (Å²) in [5.74, 6) is -0.192. The monoisotopic (exact) mass is 183 g/mol. The molecule has 1 aliphatic rings. The Bertz CT molecular complexity index is 234. The molecule has 2 N–H and O–H groups in total. The second-order valence-electron chi connectivity index (χ2n) is 2.92. The van der Waals surface area contributed by atoms with E-state index in [-0.39, 0.29) is 18.5 Å². The fraction of sp³-hybridized carbons (Fsp3) is 0.500. The van der Waals surface area contributed by atoms with Crippen LogP contribution >= 0.6 is 0 Å². The Balaban J connectivity index is 2.48. The summed E-state index contributed by atoms with van der Waals surface area (Å²) in [5.41, 5.74) is 0.813. The first-order valence-corrected chi connectivity index (χ1v) is 4.04. The fourth-order valence-corrected chi connectivity index (χ4v) is 1.14. The van der Waals surface area contributed by atoms with Crippen molar-refractivity contribution in [2.24, 2.45) is 0 Å². The molecule has 1 fully saturated rings. The van der Waals surface area contributed by atoms with Crippen molar-refractivity contribution < 1.29 is 9.59 Å². The summed E-state index contributed by atoms with van der Waals surface area (Å²) in [4.78, 5) is 23.3. The van der Waals surface area contributed by atoms with E-state index in [0.29, 0.717) is 13.1 Å². The maximum Gasteiger partial charge on any atom is 0.324 e. The molecule has 72 valence electrons. The molecule has 5 heteroatoms. The van der Waals surface area contributed by atoms with Crippen LogP contribution in [-0.4, -0.2) is 43.5 Å². The molecule has 1 heterocycles. The van der Waals surface area contributed by atoms with Crippen LogP contribution in [0, 0.1) is 0 Å². The predicted molar refractivity (Wildman–Crippen MR) is 48.2 cm³/mol. The van der Waals surface area contributed by atoms with Gasteiger partial charge in [-0.25, -0.2) is 4.79 Å². The van der Waals surface area contributed by atoms with Gasteiger partial charge >= 0.3 is 6.03 Å². The first kappa shape index (κ1) is 9.73. The summed E-state index contributed by atoms with van der Waals surface area (Å²) < 4.78 is 0. The lowest BCUT2D eigenvalue weighted by molar-refractivity contribution is -0.124. The van der Waals surface area contributed by atoms with Crippen molar-refractivity contribution in [3.05, 3.63) is 12.2 Å². The van der Waals surface area contributed by atoms with Crippen molar-refractivity contribution in [1.82, 2.24) is 15.5 Å².